The van der Waals surface area contributed by atoms with Gasteiger partial charge in [-0.2, -0.15) is 0 Å². The maximum atomic E-state index is 13.2. The van der Waals surface area contributed by atoms with Gasteiger partial charge in [-0.3, -0.25) is 9.59 Å². The summed E-state index contributed by atoms with van der Waals surface area (Å²) >= 11 is 0. The maximum Gasteiger partial charge on any atom is 0.200 e. The van der Waals surface area contributed by atoms with E-state index in [4.69, 9.17) is 4.42 Å². The Morgan fingerprint density at radius 2 is 1.55 bits per heavy atom. The standard InChI is InChI=1S/C24H15NO4/c26-16-10-11-18-21(27)13-23(29-22(18)12-16)19-14-25(15-6-2-1-3-7-15)20-9-5-4-8-17(20)24(19)28/h1-14,26H. The SMILES string of the molecule is O=c1cc(-c2cn(-c3ccccc3)c3ccccc3c2=O)oc2cc(O)ccc12. The first-order valence-electron chi connectivity index (χ1n) is 9.09. The lowest BCUT2D eigenvalue weighted by Gasteiger charge is -2.13. The molecule has 5 aromatic rings. The zero-order valence-electron chi connectivity index (χ0n) is 15.2. The molecule has 0 bridgehead atoms. The predicted molar refractivity (Wildman–Crippen MR) is 113 cm³/mol. The highest BCUT2D eigenvalue weighted by Gasteiger charge is 2.15. The van der Waals surface area contributed by atoms with Gasteiger partial charge < -0.3 is 14.1 Å². The van der Waals surface area contributed by atoms with Crippen LogP contribution >= 0.6 is 0 Å². The van der Waals surface area contributed by atoms with E-state index >= 15 is 0 Å². The summed E-state index contributed by atoms with van der Waals surface area (Å²) in [7, 11) is 0. The van der Waals surface area contributed by atoms with Crippen LogP contribution in [0.15, 0.2) is 99.1 Å². The van der Waals surface area contributed by atoms with Crippen molar-refractivity contribution in [2.24, 2.45) is 0 Å². The zero-order valence-corrected chi connectivity index (χ0v) is 15.2. The van der Waals surface area contributed by atoms with Crippen LogP contribution in [0, 0.1) is 0 Å². The smallest absolute Gasteiger partial charge is 0.200 e. The number of pyridine rings is 1. The van der Waals surface area contributed by atoms with Crippen molar-refractivity contribution >= 4 is 21.9 Å². The quantitative estimate of drug-likeness (QED) is 0.490. The van der Waals surface area contributed by atoms with Gasteiger partial charge in [-0.25, -0.2) is 0 Å². The predicted octanol–water partition coefficient (Wildman–Crippen LogP) is 4.47. The van der Waals surface area contributed by atoms with E-state index in [1.807, 2.05) is 47.0 Å². The highest BCUT2D eigenvalue weighted by atomic mass is 16.3. The molecule has 0 aliphatic carbocycles. The van der Waals surface area contributed by atoms with Crippen LogP contribution in [0.1, 0.15) is 0 Å². The molecule has 0 atom stereocenters. The van der Waals surface area contributed by atoms with Crippen molar-refractivity contribution in [3.8, 4) is 22.8 Å². The van der Waals surface area contributed by atoms with E-state index in [0.717, 1.165) is 11.2 Å². The lowest BCUT2D eigenvalue weighted by molar-refractivity contribution is 0.474. The molecule has 0 aliphatic heterocycles. The van der Waals surface area contributed by atoms with E-state index < -0.39 is 0 Å². The number of rotatable bonds is 2. The minimum absolute atomic E-state index is 0.0157. The van der Waals surface area contributed by atoms with Gasteiger partial charge in [0.2, 0.25) is 0 Å². The van der Waals surface area contributed by atoms with Gasteiger partial charge in [0, 0.05) is 29.4 Å². The number of aromatic hydroxyl groups is 1. The molecule has 0 saturated heterocycles. The molecule has 5 nitrogen and oxygen atoms in total. The van der Waals surface area contributed by atoms with Gasteiger partial charge in [0.1, 0.15) is 17.1 Å². The minimum Gasteiger partial charge on any atom is -0.508 e. The Morgan fingerprint density at radius 3 is 2.38 bits per heavy atom. The third-order valence-corrected chi connectivity index (χ3v) is 4.92. The van der Waals surface area contributed by atoms with E-state index in [2.05, 4.69) is 0 Å². The molecule has 5 heteroatoms. The fourth-order valence-corrected chi connectivity index (χ4v) is 3.53. The molecule has 0 amide bonds. The van der Waals surface area contributed by atoms with E-state index in [0.29, 0.717) is 10.8 Å². The van der Waals surface area contributed by atoms with Gasteiger partial charge in [0.15, 0.2) is 10.9 Å². The van der Waals surface area contributed by atoms with E-state index in [1.54, 1.807) is 18.3 Å². The monoisotopic (exact) mass is 381 g/mol. The molecule has 0 saturated carbocycles. The first-order chi connectivity index (χ1) is 14.1. The molecule has 2 aromatic heterocycles. The summed E-state index contributed by atoms with van der Waals surface area (Å²) < 4.78 is 7.76. The Kier molecular flexibility index (Phi) is 3.81. The molecule has 0 aliphatic rings. The summed E-state index contributed by atoms with van der Waals surface area (Å²) in [6.07, 6.45) is 1.69. The van der Waals surface area contributed by atoms with Crippen LogP contribution in [0.4, 0.5) is 0 Å². The van der Waals surface area contributed by atoms with E-state index in [1.165, 1.54) is 24.3 Å². The van der Waals surface area contributed by atoms with Crippen LogP contribution in [-0.4, -0.2) is 9.67 Å². The molecular weight excluding hydrogens is 366 g/mol. The second kappa shape index (κ2) is 6.49. The van der Waals surface area contributed by atoms with Crippen LogP contribution in [-0.2, 0) is 0 Å². The topological polar surface area (TPSA) is 72.4 Å². The van der Waals surface area contributed by atoms with Crippen LogP contribution in [0.2, 0.25) is 0 Å². The maximum absolute atomic E-state index is 13.2. The summed E-state index contributed by atoms with van der Waals surface area (Å²) in [6, 6.07) is 22.6. The number of benzene rings is 3. The number of hydrogen-bond donors (Lipinski definition) is 1. The lowest BCUT2D eigenvalue weighted by atomic mass is 10.1. The normalized spacial score (nSPS) is 11.2. The van der Waals surface area contributed by atoms with Gasteiger partial charge in [-0.05, 0) is 36.4 Å². The average molecular weight is 381 g/mol. The van der Waals surface area contributed by atoms with Crippen LogP contribution in [0.3, 0.4) is 0 Å². The van der Waals surface area contributed by atoms with Crippen LogP contribution in [0.25, 0.3) is 38.9 Å². The van der Waals surface area contributed by atoms with Crippen molar-refractivity contribution in [1.29, 1.82) is 0 Å². The zero-order chi connectivity index (χ0) is 20.0. The number of nitrogens with zero attached hydrogens (tertiary/aromatic N) is 1. The number of aromatic nitrogens is 1. The second-order valence-corrected chi connectivity index (χ2v) is 6.75. The van der Waals surface area contributed by atoms with Crippen molar-refractivity contribution in [2.45, 2.75) is 0 Å². The molecule has 0 spiro atoms. The van der Waals surface area contributed by atoms with Crippen molar-refractivity contribution in [3.63, 3.8) is 0 Å². The second-order valence-electron chi connectivity index (χ2n) is 6.75. The Balaban J connectivity index is 1.87. The molecule has 5 rings (SSSR count). The van der Waals surface area contributed by atoms with Crippen molar-refractivity contribution < 1.29 is 9.52 Å². The van der Waals surface area contributed by atoms with Gasteiger partial charge in [0.05, 0.1) is 16.5 Å². The summed E-state index contributed by atoms with van der Waals surface area (Å²) in [5, 5.41) is 10.6. The van der Waals surface area contributed by atoms with E-state index in [-0.39, 0.29) is 33.5 Å². The summed E-state index contributed by atoms with van der Waals surface area (Å²) in [5.41, 5.74) is 1.63. The minimum atomic E-state index is -0.278. The molecule has 29 heavy (non-hydrogen) atoms. The molecule has 0 radical (unpaired) electrons. The van der Waals surface area contributed by atoms with Gasteiger partial charge in [-0.15, -0.1) is 0 Å². The van der Waals surface area contributed by atoms with Gasteiger partial charge >= 0.3 is 0 Å². The number of fused-ring (bicyclic) bond motifs is 2. The van der Waals surface area contributed by atoms with Gasteiger partial charge in [0.25, 0.3) is 0 Å². The van der Waals surface area contributed by atoms with Gasteiger partial charge in [-0.1, -0.05) is 30.3 Å². The van der Waals surface area contributed by atoms with E-state index in [9.17, 15) is 14.7 Å². The Labute approximate surface area is 164 Å². The summed E-state index contributed by atoms with van der Waals surface area (Å²) in [5.74, 6) is 0.145. The molecular formula is C24H15NO4. The van der Waals surface area contributed by atoms with Crippen LogP contribution < -0.4 is 10.9 Å². The first kappa shape index (κ1) is 17.0. The average Bonchev–Trinajstić information content (AvgIpc) is 2.74. The number of phenols is 1. The highest BCUT2D eigenvalue weighted by molar-refractivity contribution is 5.86. The molecule has 2 heterocycles. The molecule has 3 aromatic carbocycles. The molecule has 1 N–H and O–H groups in total. The first-order valence-corrected chi connectivity index (χ1v) is 9.09. The largest absolute Gasteiger partial charge is 0.508 e. The highest BCUT2D eigenvalue weighted by Crippen LogP contribution is 2.26. The lowest BCUT2D eigenvalue weighted by Crippen LogP contribution is -2.12. The fraction of sp³-hybridized carbons (Fsp3) is 0. The number of phenolic OH excluding ortho intramolecular Hbond substituents is 1. The molecule has 0 unspecified atom stereocenters. The molecule has 140 valence electrons. The third kappa shape index (κ3) is 2.80. The summed E-state index contributed by atoms with van der Waals surface area (Å²) in [4.78, 5) is 25.8. The fourth-order valence-electron chi connectivity index (χ4n) is 3.53. The van der Waals surface area contributed by atoms with Crippen molar-refractivity contribution in [1.82, 2.24) is 4.57 Å². The van der Waals surface area contributed by atoms with Crippen molar-refractivity contribution in [3.05, 3.63) is 106 Å². The number of para-hydroxylation sites is 2. The Morgan fingerprint density at radius 1 is 0.793 bits per heavy atom. The number of hydrogen-bond acceptors (Lipinski definition) is 4. The Hall–Kier alpha value is -4.12. The van der Waals surface area contributed by atoms with Crippen molar-refractivity contribution in [2.75, 3.05) is 0 Å². The molecule has 0 fully saturated rings. The third-order valence-electron chi connectivity index (χ3n) is 4.92. The summed E-state index contributed by atoms with van der Waals surface area (Å²) in [6.45, 7) is 0. The van der Waals surface area contributed by atoms with Crippen LogP contribution in [0.5, 0.6) is 5.75 Å². The Bertz CT molecular complexity index is 1500.